The highest BCUT2D eigenvalue weighted by atomic mass is 19.1. The molecule has 0 aromatic heterocycles. The second-order valence-electron chi connectivity index (χ2n) is 4.24. The molecule has 1 N–H and O–H groups in total. The van der Waals surface area contributed by atoms with E-state index in [0.717, 1.165) is 25.3 Å². The lowest BCUT2D eigenvalue weighted by Crippen LogP contribution is -2.53. The van der Waals surface area contributed by atoms with Crippen molar-refractivity contribution >= 4 is 5.69 Å². The van der Waals surface area contributed by atoms with Gasteiger partial charge in [0.25, 0.3) is 0 Å². The van der Waals surface area contributed by atoms with E-state index in [1.807, 2.05) is 13.1 Å². The molecule has 0 radical (unpaired) electrons. The van der Waals surface area contributed by atoms with Gasteiger partial charge in [0.15, 0.2) is 0 Å². The average molecular weight is 224 g/mol. The fourth-order valence-electron chi connectivity index (χ4n) is 2.05. The minimum atomic E-state index is -0.211. The summed E-state index contributed by atoms with van der Waals surface area (Å²) in [4.78, 5) is 4.25. The van der Waals surface area contributed by atoms with Gasteiger partial charge < -0.3 is 10.0 Å². The average Bonchev–Trinajstić information content (AvgIpc) is 2.29. The predicted molar refractivity (Wildman–Crippen MR) is 62.1 cm³/mol. The zero-order valence-corrected chi connectivity index (χ0v) is 9.43. The molecule has 1 aromatic rings. The molecule has 1 heterocycles. The molecule has 1 fully saturated rings. The number of rotatable bonds is 2. The molecule has 1 atom stereocenters. The van der Waals surface area contributed by atoms with E-state index >= 15 is 0 Å². The maximum atomic E-state index is 13.1. The van der Waals surface area contributed by atoms with Crippen LogP contribution in [0.4, 0.5) is 10.1 Å². The van der Waals surface area contributed by atoms with Gasteiger partial charge in [-0.25, -0.2) is 4.39 Å². The van der Waals surface area contributed by atoms with Crippen LogP contribution in [0, 0.1) is 5.82 Å². The van der Waals surface area contributed by atoms with Crippen LogP contribution in [0.15, 0.2) is 24.3 Å². The largest absolute Gasteiger partial charge is 0.395 e. The van der Waals surface area contributed by atoms with Crippen LogP contribution in [0.2, 0.25) is 0 Å². The van der Waals surface area contributed by atoms with Gasteiger partial charge in [-0.3, -0.25) is 4.90 Å². The van der Waals surface area contributed by atoms with Crippen molar-refractivity contribution in [2.45, 2.75) is 6.04 Å². The van der Waals surface area contributed by atoms with Crippen LogP contribution in [0.5, 0.6) is 0 Å². The van der Waals surface area contributed by atoms with Gasteiger partial charge in [0.1, 0.15) is 5.82 Å². The summed E-state index contributed by atoms with van der Waals surface area (Å²) in [6, 6.07) is 6.75. The van der Waals surface area contributed by atoms with Gasteiger partial charge in [0.2, 0.25) is 0 Å². The summed E-state index contributed by atoms with van der Waals surface area (Å²) in [5.41, 5.74) is 0.895. The van der Waals surface area contributed by atoms with Crippen molar-refractivity contribution in [2.24, 2.45) is 0 Å². The van der Waals surface area contributed by atoms with E-state index in [-0.39, 0.29) is 18.5 Å². The quantitative estimate of drug-likeness (QED) is 0.810. The first kappa shape index (κ1) is 11.4. The molecular formula is C12H17FN2O. The molecule has 2 rings (SSSR count). The number of aliphatic hydroxyl groups excluding tert-OH is 1. The molecule has 0 aliphatic carbocycles. The lowest BCUT2D eigenvalue weighted by molar-refractivity contribution is 0.135. The number of anilines is 1. The van der Waals surface area contributed by atoms with Gasteiger partial charge in [-0.1, -0.05) is 6.07 Å². The van der Waals surface area contributed by atoms with Gasteiger partial charge in [0.05, 0.1) is 12.6 Å². The Hall–Kier alpha value is -1.13. The van der Waals surface area contributed by atoms with E-state index in [1.165, 1.54) is 6.07 Å². The number of aliphatic hydroxyl groups is 1. The fraction of sp³-hybridized carbons (Fsp3) is 0.500. The van der Waals surface area contributed by atoms with Crippen molar-refractivity contribution < 1.29 is 9.50 Å². The summed E-state index contributed by atoms with van der Waals surface area (Å²) in [7, 11) is 2.00. The lowest BCUT2D eigenvalue weighted by atomic mass is 10.1. The third-order valence-electron chi connectivity index (χ3n) is 3.16. The zero-order chi connectivity index (χ0) is 11.5. The maximum absolute atomic E-state index is 13.1. The Morgan fingerprint density at radius 3 is 2.94 bits per heavy atom. The topological polar surface area (TPSA) is 26.7 Å². The highest BCUT2D eigenvalue weighted by molar-refractivity contribution is 5.47. The van der Waals surface area contributed by atoms with Crippen molar-refractivity contribution in [2.75, 3.05) is 38.2 Å². The SMILES string of the molecule is CN1CCN(c2cccc(F)c2)CC1CO. The van der Waals surface area contributed by atoms with Crippen molar-refractivity contribution in [1.82, 2.24) is 4.90 Å². The molecular weight excluding hydrogens is 207 g/mol. The summed E-state index contributed by atoms with van der Waals surface area (Å²) in [6.07, 6.45) is 0. The van der Waals surface area contributed by atoms with Gasteiger partial charge in [-0.15, -0.1) is 0 Å². The lowest BCUT2D eigenvalue weighted by Gasteiger charge is -2.39. The molecule has 0 spiro atoms. The van der Waals surface area contributed by atoms with Crippen molar-refractivity contribution in [3.8, 4) is 0 Å². The monoisotopic (exact) mass is 224 g/mol. The Balaban J connectivity index is 2.11. The fourth-order valence-corrected chi connectivity index (χ4v) is 2.05. The minimum absolute atomic E-state index is 0.136. The van der Waals surface area contributed by atoms with Crippen molar-refractivity contribution in [3.05, 3.63) is 30.1 Å². The van der Waals surface area contributed by atoms with Gasteiger partial charge in [-0.2, -0.15) is 0 Å². The molecule has 0 saturated carbocycles. The normalized spacial score (nSPS) is 22.4. The smallest absolute Gasteiger partial charge is 0.125 e. The molecule has 1 unspecified atom stereocenters. The van der Waals surface area contributed by atoms with E-state index < -0.39 is 0 Å². The number of benzene rings is 1. The summed E-state index contributed by atoms with van der Waals surface area (Å²) in [5, 5.41) is 9.24. The maximum Gasteiger partial charge on any atom is 0.125 e. The number of nitrogens with zero attached hydrogens (tertiary/aromatic N) is 2. The van der Waals surface area contributed by atoms with Crippen molar-refractivity contribution in [1.29, 1.82) is 0 Å². The number of likely N-dealkylation sites (N-methyl/N-ethyl adjacent to an activating group) is 1. The molecule has 1 saturated heterocycles. The Bertz CT molecular complexity index is 359. The van der Waals surface area contributed by atoms with E-state index in [0.29, 0.717) is 0 Å². The minimum Gasteiger partial charge on any atom is -0.395 e. The van der Waals surface area contributed by atoms with Gasteiger partial charge >= 0.3 is 0 Å². The van der Waals surface area contributed by atoms with E-state index in [4.69, 9.17) is 0 Å². The van der Waals surface area contributed by atoms with E-state index in [1.54, 1.807) is 12.1 Å². The third-order valence-corrected chi connectivity index (χ3v) is 3.16. The summed E-state index contributed by atoms with van der Waals surface area (Å²) in [5.74, 6) is -0.211. The van der Waals surface area contributed by atoms with Crippen LogP contribution in [0.3, 0.4) is 0 Å². The van der Waals surface area contributed by atoms with Gasteiger partial charge in [-0.05, 0) is 25.2 Å². The first-order valence-electron chi connectivity index (χ1n) is 5.52. The first-order chi connectivity index (χ1) is 7.70. The molecule has 16 heavy (non-hydrogen) atoms. The summed E-state index contributed by atoms with van der Waals surface area (Å²) in [6.45, 7) is 2.65. The van der Waals surface area contributed by atoms with Crippen LogP contribution >= 0.6 is 0 Å². The van der Waals surface area contributed by atoms with Crippen LogP contribution in [0.1, 0.15) is 0 Å². The second kappa shape index (κ2) is 4.80. The van der Waals surface area contributed by atoms with Crippen LogP contribution < -0.4 is 4.90 Å². The number of piperazine rings is 1. The molecule has 88 valence electrons. The van der Waals surface area contributed by atoms with E-state index in [2.05, 4.69) is 9.80 Å². The highest BCUT2D eigenvalue weighted by Crippen LogP contribution is 2.19. The van der Waals surface area contributed by atoms with Crippen LogP contribution in [0.25, 0.3) is 0 Å². The Kier molecular flexibility index (Phi) is 3.41. The molecule has 3 nitrogen and oxygen atoms in total. The highest BCUT2D eigenvalue weighted by Gasteiger charge is 2.23. The molecule has 0 amide bonds. The standard InChI is InChI=1S/C12H17FN2O/c1-14-5-6-15(8-12(14)9-16)11-4-2-3-10(13)7-11/h2-4,7,12,16H,5-6,8-9H2,1H3. The number of hydrogen-bond donors (Lipinski definition) is 1. The second-order valence-corrected chi connectivity index (χ2v) is 4.24. The van der Waals surface area contributed by atoms with Gasteiger partial charge in [0, 0.05) is 25.3 Å². The summed E-state index contributed by atoms with van der Waals surface area (Å²) >= 11 is 0. The molecule has 1 aliphatic rings. The first-order valence-corrected chi connectivity index (χ1v) is 5.52. The molecule has 4 heteroatoms. The van der Waals surface area contributed by atoms with Crippen molar-refractivity contribution in [3.63, 3.8) is 0 Å². The number of halogens is 1. The Morgan fingerprint density at radius 1 is 1.44 bits per heavy atom. The molecule has 1 aromatic carbocycles. The third kappa shape index (κ3) is 2.33. The zero-order valence-electron chi connectivity index (χ0n) is 9.43. The molecule has 1 aliphatic heterocycles. The molecule has 0 bridgehead atoms. The van der Waals surface area contributed by atoms with Crippen LogP contribution in [-0.4, -0.2) is 49.3 Å². The number of hydrogen-bond acceptors (Lipinski definition) is 3. The summed E-state index contributed by atoms with van der Waals surface area (Å²) < 4.78 is 13.1. The Labute approximate surface area is 95.1 Å². The van der Waals surface area contributed by atoms with E-state index in [9.17, 15) is 9.50 Å². The Morgan fingerprint density at radius 2 is 2.25 bits per heavy atom. The van der Waals surface area contributed by atoms with Crippen LogP contribution in [-0.2, 0) is 0 Å². The predicted octanol–water partition coefficient (Wildman–Crippen LogP) is 0.938.